The Balaban J connectivity index is 1.35. The molecule has 2 heterocycles. The molecular formula is C24H21Cl2N3O2. The van der Waals surface area contributed by atoms with Crippen molar-refractivity contribution in [3.05, 3.63) is 87.7 Å². The van der Waals surface area contributed by atoms with Gasteiger partial charge in [-0.2, -0.15) is 0 Å². The molecule has 7 heteroatoms. The van der Waals surface area contributed by atoms with E-state index < -0.39 is 0 Å². The summed E-state index contributed by atoms with van der Waals surface area (Å²) in [6.45, 7) is 2.14. The SMILES string of the molecule is O=C(OCC1c2ccccc2-c2ccccc21)N1CCNCC1c1cnc(Cl)c(Cl)c1. The van der Waals surface area contributed by atoms with E-state index >= 15 is 0 Å². The Hall–Kier alpha value is -2.60. The van der Waals surface area contributed by atoms with E-state index in [-0.39, 0.29) is 23.2 Å². The highest BCUT2D eigenvalue weighted by atomic mass is 35.5. The zero-order valence-corrected chi connectivity index (χ0v) is 18.2. The maximum absolute atomic E-state index is 13.1. The number of carbonyl (C=O) groups excluding carboxylic acids is 1. The summed E-state index contributed by atoms with van der Waals surface area (Å²) in [6.07, 6.45) is 1.33. The number of rotatable bonds is 3. The zero-order valence-electron chi connectivity index (χ0n) is 16.7. The van der Waals surface area contributed by atoms with Gasteiger partial charge >= 0.3 is 6.09 Å². The number of benzene rings is 2. The summed E-state index contributed by atoms with van der Waals surface area (Å²) in [5.74, 6) is 0.0318. The van der Waals surface area contributed by atoms with Gasteiger partial charge in [-0.25, -0.2) is 9.78 Å². The van der Waals surface area contributed by atoms with Crippen molar-refractivity contribution in [1.82, 2.24) is 15.2 Å². The molecule has 31 heavy (non-hydrogen) atoms. The van der Waals surface area contributed by atoms with Crippen molar-refractivity contribution in [2.75, 3.05) is 26.2 Å². The third-order valence-electron chi connectivity index (χ3n) is 6.02. The lowest BCUT2D eigenvalue weighted by Gasteiger charge is -2.35. The molecule has 1 atom stereocenters. The number of nitrogens with one attached hydrogen (secondary N) is 1. The van der Waals surface area contributed by atoms with Gasteiger partial charge in [0.2, 0.25) is 0 Å². The fraction of sp³-hybridized carbons (Fsp3) is 0.250. The molecule has 1 amide bonds. The second-order valence-electron chi connectivity index (χ2n) is 7.76. The van der Waals surface area contributed by atoms with Crippen LogP contribution in [-0.4, -0.2) is 42.2 Å². The third-order valence-corrected chi connectivity index (χ3v) is 6.70. The van der Waals surface area contributed by atoms with Crippen LogP contribution in [0.1, 0.15) is 28.7 Å². The summed E-state index contributed by atoms with van der Waals surface area (Å²) in [5, 5.41) is 3.95. The van der Waals surface area contributed by atoms with Crippen LogP contribution in [0.4, 0.5) is 4.79 Å². The van der Waals surface area contributed by atoms with Crippen molar-refractivity contribution in [3.63, 3.8) is 0 Å². The number of hydrogen-bond acceptors (Lipinski definition) is 4. The number of halogens is 2. The first-order valence-electron chi connectivity index (χ1n) is 10.3. The van der Waals surface area contributed by atoms with Crippen LogP contribution in [0.15, 0.2) is 60.8 Å². The molecule has 5 nitrogen and oxygen atoms in total. The first-order valence-corrected chi connectivity index (χ1v) is 11.0. The predicted octanol–water partition coefficient (Wildman–Crippen LogP) is 5.28. The zero-order chi connectivity index (χ0) is 21.4. The largest absolute Gasteiger partial charge is 0.448 e. The lowest BCUT2D eigenvalue weighted by Crippen LogP contribution is -2.49. The second kappa shape index (κ2) is 8.50. The minimum Gasteiger partial charge on any atom is -0.448 e. The average molecular weight is 454 g/mol. The van der Waals surface area contributed by atoms with Crippen LogP contribution in [0.3, 0.4) is 0 Å². The Bertz CT molecular complexity index is 1090. The molecule has 1 unspecified atom stereocenters. The Morgan fingerprint density at radius 3 is 2.45 bits per heavy atom. The van der Waals surface area contributed by atoms with Gasteiger partial charge < -0.3 is 10.1 Å². The molecule has 2 aliphatic rings. The molecule has 0 spiro atoms. The minimum absolute atomic E-state index is 0.0318. The van der Waals surface area contributed by atoms with Crippen molar-refractivity contribution in [2.45, 2.75) is 12.0 Å². The topological polar surface area (TPSA) is 54.5 Å². The monoisotopic (exact) mass is 453 g/mol. The number of hydrogen-bond donors (Lipinski definition) is 1. The highest BCUT2D eigenvalue weighted by molar-refractivity contribution is 6.41. The van der Waals surface area contributed by atoms with Crippen LogP contribution >= 0.6 is 23.2 Å². The second-order valence-corrected chi connectivity index (χ2v) is 8.52. The van der Waals surface area contributed by atoms with E-state index in [1.807, 2.05) is 24.3 Å². The first kappa shape index (κ1) is 20.3. The summed E-state index contributed by atoms with van der Waals surface area (Å²) >= 11 is 12.1. The molecular weight excluding hydrogens is 433 g/mol. The van der Waals surface area contributed by atoms with Crippen LogP contribution in [-0.2, 0) is 4.74 Å². The molecule has 158 valence electrons. The van der Waals surface area contributed by atoms with Gasteiger partial charge in [0, 0.05) is 31.7 Å². The van der Waals surface area contributed by atoms with Gasteiger partial charge in [-0.05, 0) is 33.9 Å². The number of amides is 1. The van der Waals surface area contributed by atoms with Gasteiger partial charge in [-0.15, -0.1) is 0 Å². The molecule has 0 saturated carbocycles. The van der Waals surface area contributed by atoms with Crippen LogP contribution in [0.25, 0.3) is 11.1 Å². The maximum Gasteiger partial charge on any atom is 0.410 e. The summed E-state index contributed by atoms with van der Waals surface area (Å²) in [6, 6.07) is 18.2. The normalized spacial score (nSPS) is 17.9. The highest BCUT2D eigenvalue weighted by Gasteiger charge is 2.33. The number of pyridine rings is 1. The van der Waals surface area contributed by atoms with Gasteiger partial charge in [0.1, 0.15) is 11.8 Å². The standard InChI is InChI=1S/C24H21Cl2N3O2/c25-21-11-15(12-28-23(21)26)22-13-27-9-10-29(22)24(30)31-14-20-18-7-3-1-5-16(18)17-6-2-4-8-19(17)20/h1-8,11-12,20,22,27H,9-10,13-14H2. The average Bonchev–Trinajstić information content (AvgIpc) is 3.13. The number of ether oxygens (including phenoxy) is 1. The van der Waals surface area contributed by atoms with Crippen LogP contribution in [0.5, 0.6) is 0 Å². The van der Waals surface area contributed by atoms with Crippen LogP contribution in [0, 0.1) is 0 Å². The fourth-order valence-corrected chi connectivity index (χ4v) is 4.79. The quantitative estimate of drug-likeness (QED) is 0.547. The Kier molecular flexibility index (Phi) is 5.57. The van der Waals surface area contributed by atoms with Crippen molar-refractivity contribution in [2.24, 2.45) is 0 Å². The van der Waals surface area contributed by atoms with Crippen molar-refractivity contribution in [3.8, 4) is 11.1 Å². The summed E-state index contributed by atoms with van der Waals surface area (Å²) in [4.78, 5) is 19.0. The highest BCUT2D eigenvalue weighted by Crippen LogP contribution is 2.44. The molecule has 1 aliphatic heterocycles. The summed E-state index contributed by atoms with van der Waals surface area (Å²) in [5.41, 5.74) is 5.64. The molecule has 0 radical (unpaired) electrons. The Labute approximate surface area is 190 Å². The van der Waals surface area contributed by atoms with E-state index in [9.17, 15) is 4.79 Å². The number of aromatic nitrogens is 1. The van der Waals surface area contributed by atoms with Gasteiger partial charge in [-0.3, -0.25) is 4.90 Å². The molecule has 5 rings (SSSR count). The first-order chi connectivity index (χ1) is 15.1. The summed E-state index contributed by atoms with van der Waals surface area (Å²) in [7, 11) is 0. The van der Waals surface area contributed by atoms with E-state index in [0.29, 0.717) is 31.3 Å². The van der Waals surface area contributed by atoms with E-state index in [4.69, 9.17) is 27.9 Å². The molecule has 1 aromatic heterocycles. The van der Waals surface area contributed by atoms with E-state index in [1.54, 1.807) is 17.2 Å². The number of carbonyl (C=O) groups is 1. The van der Waals surface area contributed by atoms with Gasteiger partial charge in [0.25, 0.3) is 0 Å². The smallest absolute Gasteiger partial charge is 0.410 e. The molecule has 1 aliphatic carbocycles. The fourth-order valence-electron chi connectivity index (χ4n) is 4.52. The molecule has 1 N–H and O–H groups in total. The minimum atomic E-state index is -0.334. The van der Waals surface area contributed by atoms with E-state index in [2.05, 4.69) is 34.6 Å². The Morgan fingerprint density at radius 2 is 1.77 bits per heavy atom. The van der Waals surface area contributed by atoms with Gasteiger partial charge in [0.15, 0.2) is 0 Å². The van der Waals surface area contributed by atoms with Gasteiger partial charge in [-0.1, -0.05) is 71.7 Å². The van der Waals surface area contributed by atoms with Crippen molar-refractivity contribution in [1.29, 1.82) is 0 Å². The van der Waals surface area contributed by atoms with Crippen LogP contribution < -0.4 is 5.32 Å². The number of piperazine rings is 1. The van der Waals surface area contributed by atoms with Crippen molar-refractivity contribution < 1.29 is 9.53 Å². The van der Waals surface area contributed by atoms with E-state index in [1.165, 1.54) is 22.3 Å². The maximum atomic E-state index is 13.1. The lowest BCUT2D eigenvalue weighted by atomic mass is 9.98. The van der Waals surface area contributed by atoms with Gasteiger partial charge in [0.05, 0.1) is 11.1 Å². The van der Waals surface area contributed by atoms with E-state index in [0.717, 1.165) is 5.56 Å². The molecule has 0 bridgehead atoms. The number of nitrogens with zero attached hydrogens (tertiary/aromatic N) is 2. The lowest BCUT2D eigenvalue weighted by molar-refractivity contribution is 0.0752. The molecule has 1 fully saturated rings. The van der Waals surface area contributed by atoms with Crippen LogP contribution in [0.2, 0.25) is 10.2 Å². The predicted molar refractivity (Wildman–Crippen MR) is 122 cm³/mol. The molecule has 1 saturated heterocycles. The third kappa shape index (κ3) is 3.78. The molecule has 2 aromatic carbocycles. The number of fused-ring (bicyclic) bond motifs is 3. The van der Waals surface area contributed by atoms with Crippen molar-refractivity contribution >= 4 is 29.3 Å². The Morgan fingerprint density at radius 1 is 1.10 bits per heavy atom. The molecule has 3 aromatic rings. The summed E-state index contributed by atoms with van der Waals surface area (Å²) < 4.78 is 5.86.